The topological polar surface area (TPSA) is 29.1 Å². The average molecular weight is 176 g/mol. The van der Waals surface area contributed by atoms with Crippen LogP contribution in [0, 0.1) is 5.92 Å². The van der Waals surface area contributed by atoms with Gasteiger partial charge in [0.1, 0.15) is 0 Å². The molecule has 1 saturated carbocycles. The number of carbonyl (C=O) groups excluding carboxylic acids is 1. The van der Waals surface area contributed by atoms with Gasteiger partial charge in [-0.25, -0.2) is 0 Å². The molecule has 0 heterocycles. The Morgan fingerprint density at radius 3 is 2.82 bits per heavy atom. The maximum absolute atomic E-state index is 11.0. The molecule has 0 aromatic carbocycles. The lowest BCUT2D eigenvalue weighted by Crippen LogP contribution is -2.33. The van der Waals surface area contributed by atoms with Gasteiger partial charge in [-0.3, -0.25) is 4.79 Å². The van der Waals surface area contributed by atoms with E-state index in [-0.39, 0.29) is 5.91 Å². The van der Waals surface area contributed by atoms with Crippen molar-refractivity contribution >= 4 is 17.5 Å². The van der Waals surface area contributed by atoms with Crippen molar-refractivity contribution in [3.63, 3.8) is 0 Å². The van der Waals surface area contributed by atoms with Gasteiger partial charge in [0.15, 0.2) is 0 Å². The Morgan fingerprint density at radius 1 is 1.73 bits per heavy atom. The van der Waals surface area contributed by atoms with E-state index in [9.17, 15) is 4.79 Å². The molecule has 1 rings (SSSR count). The number of nitrogens with one attached hydrogen (secondary N) is 1. The summed E-state index contributed by atoms with van der Waals surface area (Å²) in [5.41, 5.74) is 0. The summed E-state index contributed by atoms with van der Waals surface area (Å²) in [4.78, 5) is 11.0. The van der Waals surface area contributed by atoms with Gasteiger partial charge in [0, 0.05) is 18.3 Å². The number of carbonyl (C=O) groups is 1. The molecule has 1 unspecified atom stereocenters. The number of alkyl halides is 1. The first kappa shape index (κ1) is 8.85. The first-order valence-corrected chi connectivity index (χ1v) is 4.63. The zero-order valence-corrected chi connectivity index (χ0v) is 7.53. The smallest absolute Gasteiger partial charge is 0.221 e. The molecule has 2 nitrogen and oxygen atoms in total. The second kappa shape index (κ2) is 3.96. The highest BCUT2D eigenvalue weighted by molar-refractivity contribution is 6.18. The second-order valence-corrected chi connectivity index (χ2v) is 3.51. The van der Waals surface area contributed by atoms with Crippen LogP contribution in [0.1, 0.15) is 26.2 Å². The van der Waals surface area contributed by atoms with Gasteiger partial charge in [0.25, 0.3) is 0 Å². The quantitative estimate of drug-likeness (QED) is 0.646. The standard InChI is InChI=1S/C8H14ClNO/c1-6(7-2-3-7)10-8(11)4-5-9/h6-7H,2-5H2,1H3,(H,10,11). The summed E-state index contributed by atoms with van der Waals surface area (Å²) < 4.78 is 0. The molecule has 0 radical (unpaired) electrons. The van der Waals surface area contributed by atoms with E-state index in [1.807, 2.05) is 0 Å². The predicted octanol–water partition coefficient (Wildman–Crippen LogP) is 1.53. The predicted molar refractivity (Wildman–Crippen MR) is 45.7 cm³/mol. The Kier molecular flexibility index (Phi) is 3.18. The van der Waals surface area contributed by atoms with Gasteiger partial charge in [-0.05, 0) is 25.7 Å². The first-order valence-electron chi connectivity index (χ1n) is 4.09. The van der Waals surface area contributed by atoms with Crippen molar-refractivity contribution in [1.29, 1.82) is 0 Å². The van der Waals surface area contributed by atoms with E-state index in [4.69, 9.17) is 11.6 Å². The van der Waals surface area contributed by atoms with Crippen molar-refractivity contribution in [2.45, 2.75) is 32.2 Å². The van der Waals surface area contributed by atoms with Gasteiger partial charge in [0.2, 0.25) is 5.91 Å². The van der Waals surface area contributed by atoms with E-state index in [2.05, 4.69) is 12.2 Å². The molecule has 1 N–H and O–H groups in total. The minimum atomic E-state index is 0.0828. The monoisotopic (exact) mass is 175 g/mol. The van der Waals surface area contributed by atoms with Crippen LogP contribution in [-0.4, -0.2) is 17.8 Å². The van der Waals surface area contributed by atoms with Gasteiger partial charge in [-0.1, -0.05) is 0 Å². The molecular weight excluding hydrogens is 162 g/mol. The van der Waals surface area contributed by atoms with Crippen LogP contribution in [0.2, 0.25) is 0 Å². The molecule has 0 aliphatic heterocycles. The van der Waals surface area contributed by atoms with Gasteiger partial charge < -0.3 is 5.32 Å². The van der Waals surface area contributed by atoms with E-state index in [1.54, 1.807) is 0 Å². The van der Waals surface area contributed by atoms with Crippen LogP contribution in [0.5, 0.6) is 0 Å². The van der Waals surface area contributed by atoms with Crippen molar-refractivity contribution in [2.75, 3.05) is 5.88 Å². The summed E-state index contributed by atoms with van der Waals surface area (Å²) in [6.07, 6.45) is 2.98. The molecule has 1 aliphatic rings. The molecule has 11 heavy (non-hydrogen) atoms. The van der Waals surface area contributed by atoms with Crippen LogP contribution in [0.4, 0.5) is 0 Å². The van der Waals surface area contributed by atoms with E-state index in [0.29, 0.717) is 18.3 Å². The Hall–Kier alpha value is -0.240. The molecule has 0 aromatic heterocycles. The maximum atomic E-state index is 11.0. The summed E-state index contributed by atoms with van der Waals surface area (Å²) in [5, 5.41) is 2.92. The molecule has 0 aromatic rings. The molecule has 1 atom stereocenters. The highest BCUT2D eigenvalue weighted by Crippen LogP contribution is 2.32. The number of rotatable bonds is 4. The number of hydrogen-bond acceptors (Lipinski definition) is 1. The Bertz CT molecular complexity index is 145. The Morgan fingerprint density at radius 2 is 2.36 bits per heavy atom. The zero-order chi connectivity index (χ0) is 8.27. The second-order valence-electron chi connectivity index (χ2n) is 3.13. The largest absolute Gasteiger partial charge is 0.353 e. The molecule has 1 amide bonds. The fourth-order valence-electron chi connectivity index (χ4n) is 1.13. The minimum absolute atomic E-state index is 0.0828. The molecule has 0 saturated heterocycles. The molecule has 64 valence electrons. The van der Waals surface area contributed by atoms with Crippen LogP contribution >= 0.6 is 11.6 Å². The van der Waals surface area contributed by atoms with Crippen LogP contribution in [0.25, 0.3) is 0 Å². The van der Waals surface area contributed by atoms with Crippen molar-refractivity contribution in [2.24, 2.45) is 5.92 Å². The Balaban J connectivity index is 2.12. The molecule has 0 spiro atoms. The SMILES string of the molecule is CC(NC(=O)CCCl)C1CC1. The number of amides is 1. The first-order chi connectivity index (χ1) is 5.24. The van der Waals surface area contributed by atoms with Crippen molar-refractivity contribution in [1.82, 2.24) is 5.32 Å². The molecule has 1 fully saturated rings. The number of halogens is 1. The molecule has 0 bridgehead atoms. The lowest BCUT2D eigenvalue weighted by Gasteiger charge is -2.11. The minimum Gasteiger partial charge on any atom is -0.353 e. The third-order valence-corrected chi connectivity index (χ3v) is 2.23. The summed E-state index contributed by atoms with van der Waals surface area (Å²) in [6.45, 7) is 2.06. The third kappa shape index (κ3) is 3.10. The van der Waals surface area contributed by atoms with Crippen molar-refractivity contribution in [3.05, 3.63) is 0 Å². The lowest BCUT2D eigenvalue weighted by atomic mass is 10.2. The normalized spacial score (nSPS) is 19.5. The zero-order valence-electron chi connectivity index (χ0n) is 6.77. The fraction of sp³-hybridized carbons (Fsp3) is 0.875. The summed E-state index contributed by atoms with van der Waals surface area (Å²) in [7, 11) is 0. The van der Waals surface area contributed by atoms with Crippen LogP contribution < -0.4 is 5.32 Å². The highest BCUT2D eigenvalue weighted by atomic mass is 35.5. The van der Waals surface area contributed by atoms with Gasteiger partial charge in [0.05, 0.1) is 0 Å². The summed E-state index contributed by atoms with van der Waals surface area (Å²) in [6, 6.07) is 0.353. The molecule has 3 heteroatoms. The fourth-order valence-corrected chi connectivity index (χ4v) is 1.30. The third-order valence-electron chi connectivity index (χ3n) is 2.04. The Labute approximate surface area is 72.3 Å². The molecular formula is C8H14ClNO. The average Bonchev–Trinajstić information content (AvgIpc) is 2.67. The van der Waals surface area contributed by atoms with Crippen LogP contribution in [0.15, 0.2) is 0 Å². The lowest BCUT2D eigenvalue weighted by molar-refractivity contribution is -0.121. The maximum Gasteiger partial charge on any atom is 0.221 e. The van der Waals surface area contributed by atoms with E-state index >= 15 is 0 Å². The summed E-state index contributed by atoms with van der Waals surface area (Å²) in [5.74, 6) is 1.23. The van der Waals surface area contributed by atoms with Gasteiger partial charge in [-0.15, -0.1) is 11.6 Å². The van der Waals surface area contributed by atoms with Crippen LogP contribution in [-0.2, 0) is 4.79 Å². The summed E-state index contributed by atoms with van der Waals surface area (Å²) >= 11 is 5.41. The van der Waals surface area contributed by atoms with Crippen LogP contribution in [0.3, 0.4) is 0 Å². The molecule has 1 aliphatic carbocycles. The van der Waals surface area contributed by atoms with Gasteiger partial charge in [-0.2, -0.15) is 0 Å². The highest BCUT2D eigenvalue weighted by Gasteiger charge is 2.28. The van der Waals surface area contributed by atoms with E-state index in [0.717, 1.165) is 5.92 Å². The van der Waals surface area contributed by atoms with E-state index in [1.165, 1.54) is 12.8 Å². The van der Waals surface area contributed by atoms with E-state index < -0.39 is 0 Å². The van der Waals surface area contributed by atoms with Gasteiger partial charge >= 0.3 is 0 Å². The van der Waals surface area contributed by atoms with Crippen molar-refractivity contribution in [3.8, 4) is 0 Å². The van der Waals surface area contributed by atoms with Crippen molar-refractivity contribution < 1.29 is 4.79 Å². The number of hydrogen-bond donors (Lipinski definition) is 1.